The molecule has 2 heterocycles. The van der Waals surface area contributed by atoms with Gasteiger partial charge in [-0.1, -0.05) is 17.7 Å². The summed E-state index contributed by atoms with van der Waals surface area (Å²) in [7, 11) is 0. The minimum Gasteiger partial charge on any atom is -0.435 e. The molecule has 3 rings (SSSR count). The summed E-state index contributed by atoms with van der Waals surface area (Å²) in [4.78, 5) is 14.7. The number of amides is 1. The number of thiophene rings is 1. The molecule has 1 saturated heterocycles. The van der Waals surface area contributed by atoms with Crippen LogP contribution in [0.4, 0.5) is 23.7 Å². The first kappa shape index (κ1) is 24.7. The van der Waals surface area contributed by atoms with Crippen molar-refractivity contribution >= 4 is 47.1 Å². The summed E-state index contributed by atoms with van der Waals surface area (Å²) in [6.07, 6.45) is -7.64. The third-order valence-corrected chi connectivity index (χ3v) is 5.51. The van der Waals surface area contributed by atoms with Gasteiger partial charge in [0.05, 0.1) is 12.7 Å². The van der Waals surface area contributed by atoms with Crippen LogP contribution in [0.2, 0.25) is 5.02 Å². The van der Waals surface area contributed by atoms with E-state index in [0.717, 1.165) is 4.88 Å². The predicted octanol–water partition coefficient (Wildman–Crippen LogP) is 5.25. The molecular weight excluding hydrogens is 464 g/mol. The van der Waals surface area contributed by atoms with E-state index in [1.165, 1.54) is 24.3 Å². The van der Waals surface area contributed by atoms with Gasteiger partial charge in [0.2, 0.25) is 6.10 Å². The van der Waals surface area contributed by atoms with Crippen LogP contribution in [0.5, 0.6) is 0 Å². The van der Waals surface area contributed by atoms with Gasteiger partial charge in [-0.05, 0) is 35.7 Å². The van der Waals surface area contributed by atoms with Gasteiger partial charge in [-0.2, -0.15) is 13.2 Å². The molecule has 1 aromatic carbocycles. The zero-order chi connectivity index (χ0) is 20.9. The molecule has 0 aliphatic carbocycles. The van der Waals surface area contributed by atoms with E-state index in [0.29, 0.717) is 36.8 Å². The fraction of sp³-hybridized carbons (Fsp3) is 0.421. The second-order valence-electron chi connectivity index (χ2n) is 6.60. The number of hydrogen-bond donors (Lipinski definition) is 1. The summed E-state index contributed by atoms with van der Waals surface area (Å²) >= 11 is 7.33. The van der Waals surface area contributed by atoms with E-state index in [1.54, 1.807) is 16.2 Å². The molecule has 0 saturated carbocycles. The van der Waals surface area contributed by atoms with Crippen LogP contribution in [0.15, 0.2) is 41.8 Å². The van der Waals surface area contributed by atoms with E-state index in [1.807, 2.05) is 17.5 Å². The summed E-state index contributed by atoms with van der Waals surface area (Å²) in [5.74, 6) is 0. The average molecular weight is 485 g/mol. The van der Waals surface area contributed by atoms with Crippen molar-refractivity contribution in [1.29, 1.82) is 0 Å². The van der Waals surface area contributed by atoms with Gasteiger partial charge in [-0.15, -0.1) is 23.7 Å². The third-order valence-electron chi connectivity index (χ3n) is 4.36. The number of nitrogens with one attached hydrogen (secondary N) is 1. The molecule has 5 nitrogen and oxygen atoms in total. The van der Waals surface area contributed by atoms with E-state index in [9.17, 15) is 18.0 Å². The van der Waals surface area contributed by atoms with Crippen molar-refractivity contribution < 1.29 is 27.4 Å². The Morgan fingerprint density at radius 3 is 2.70 bits per heavy atom. The van der Waals surface area contributed by atoms with Crippen LogP contribution in [0.1, 0.15) is 4.88 Å². The number of halogens is 5. The fourth-order valence-corrected chi connectivity index (χ4v) is 3.87. The maximum atomic E-state index is 13.5. The average Bonchev–Trinajstić information content (AvgIpc) is 3.16. The number of morpholine rings is 1. The first-order valence-electron chi connectivity index (χ1n) is 8.96. The van der Waals surface area contributed by atoms with Gasteiger partial charge < -0.3 is 9.47 Å². The molecule has 1 aliphatic heterocycles. The van der Waals surface area contributed by atoms with E-state index >= 15 is 0 Å². The van der Waals surface area contributed by atoms with Crippen LogP contribution in [0, 0.1) is 0 Å². The first-order chi connectivity index (χ1) is 13.8. The number of ether oxygens (including phenoxy) is 2. The summed E-state index contributed by atoms with van der Waals surface area (Å²) in [6, 6.07) is 9.87. The van der Waals surface area contributed by atoms with E-state index in [4.69, 9.17) is 21.1 Å². The number of benzene rings is 1. The SMILES string of the molecule is Cl.O=C(Nc1ccc(Cl)cc1)O[C@@H](CN1CCO[C@H](Cc2cccs2)C1)C(F)(F)F. The Morgan fingerprint density at radius 2 is 2.07 bits per heavy atom. The van der Waals surface area contributed by atoms with Gasteiger partial charge in [0, 0.05) is 41.6 Å². The highest BCUT2D eigenvalue weighted by Crippen LogP contribution is 2.26. The Bertz CT molecular complexity index is 791. The van der Waals surface area contributed by atoms with Crippen LogP contribution < -0.4 is 5.32 Å². The van der Waals surface area contributed by atoms with E-state index in [-0.39, 0.29) is 18.5 Å². The lowest BCUT2D eigenvalue weighted by Gasteiger charge is -2.35. The Morgan fingerprint density at radius 1 is 1.33 bits per heavy atom. The van der Waals surface area contributed by atoms with Crippen molar-refractivity contribution in [1.82, 2.24) is 4.90 Å². The predicted molar refractivity (Wildman–Crippen MR) is 113 cm³/mol. The number of alkyl halides is 3. The molecule has 30 heavy (non-hydrogen) atoms. The number of rotatable bonds is 6. The molecule has 0 radical (unpaired) electrons. The lowest BCUT2D eigenvalue weighted by Crippen LogP contribution is -2.50. The number of carbonyl (C=O) groups is 1. The van der Waals surface area contributed by atoms with Crippen molar-refractivity contribution in [2.45, 2.75) is 24.8 Å². The quantitative estimate of drug-likeness (QED) is 0.608. The highest BCUT2D eigenvalue weighted by Gasteiger charge is 2.44. The summed E-state index contributed by atoms with van der Waals surface area (Å²) in [6.45, 7) is 0.571. The summed E-state index contributed by atoms with van der Waals surface area (Å²) < 4.78 is 50.7. The van der Waals surface area contributed by atoms with Gasteiger partial charge in [-0.3, -0.25) is 10.2 Å². The molecule has 0 bridgehead atoms. The van der Waals surface area contributed by atoms with Crippen LogP contribution in [-0.2, 0) is 15.9 Å². The van der Waals surface area contributed by atoms with Crippen LogP contribution >= 0.6 is 35.3 Å². The number of anilines is 1. The Kier molecular flexibility index (Phi) is 9.24. The smallest absolute Gasteiger partial charge is 0.426 e. The zero-order valence-electron chi connectivity index (χ0n) is 15.7. The van der Waals surface area contributed by atoms with Crippen LogP contribution in [0.3, 0.4) is 0 Å². The Balaban J connectivity index is 0.00000320. The largest absolute Gasteiger partial charge is 0.435 e. The first-order valence-corrected chi connectivity index (χ1v) is 10.2. The van der Waals surface area contributed by atoms with Crippen molar-refractivity contribution in [3.63, 3.8) is 0 Å². The molecule has 0 spiro atoms. The summed E-state index contributed by atoms with van der Waals surface area (Å²) in [5.41, 5.74) is 0.294. The van der Waals surface area contributed by atoms with Gasteiger partial charge in [-0.25, -0.2) is 4.79 Å². The van der Waals surface area contributed by atoms with Crippen molar-refractivity contribution in [2.75, 3.05) is 31.6 Å². The van der Waals surface area contributed by atoms with Gasteiger partial charge >= 0.3 is 12.3 Å². The zero-order valence-corrected chi connectivity index (χ0v) is 18.1. The van der Waals surface area contributed by atoms with Crippen molar-refractivity contribution in [2.24, 2.45) is 0 Å². The van der Waals surface area contributed by atoms with E-state index in [2.05, 4.69) is 5.32 Å². The minimum absolute atomic E-state index is 0. The second-order valence-corrected chi connectivity index (χ2v) is 8.07. The molecule has 11 heteroatoms. The monoisotopic (exact) mass is 484 g/mol. The Hall–Kier alpha value is -1.52. The molecule has 0 unspecified atom stereocenters. The molecule has 1 amide bonds. The molecule has 2 aromatic rings. The van der Waals surface area contributed by atoms with Gasteiger partial charge in [0.25, 0.3) is 0 Å². The second kappa shape index (κ2) is 11.2. The molecular formula is C19H21Cl2F3N2O3S. The molecule has 1 aromatic heterocycles. The Labute approximate surface area is 187 Å². The number of nitrogens with zero attached hydrogens (tertiary/aromatic N) is 1. The van der Waals surface area contributed by atoms with Gasteiger partial charge in [0.1, 0.15) is 0 Å². The van der Waals surface area contributed by atoms with Gasteiger partial charge in [0.15, 0.2) is 0 Å². The van der Waals surface area contributed by atoms with Crippen molar-refractivity contribution in [3.05, 3.63) is 51.7 Å². The standard InChI is InChI=1S/C19H20ClF3N2O3S.ClH/c20-13-3-5-14(6-4-13)24-18(26)28-17(19(21,22)23)12-25-7-8-27-15(11-25)10-16-2-1-9-29-16;/h1-6,9,15,17H,7-8,10-12H2,(H,24,26);1H/t15-,17+;/m1./s1. The normalized spacial score (nSPS) is 18.3. The minimum atomic E-state index is -4.68. The van der Waals surface area contributed by atoms with Crippen molar-refractivity contribution in [3.8, 4) is 0 Å². The molecule has 166 valence electrons. The van der Waals surface area contributed by atoms with Crippen LogP contribution in [0.25, 0.3) is 0 Å². The molecule has 1 fully saturated rings. The fourth-order valence-electron chi connectivity index (χ4n) is 2.97. The molecule has 2 atom stereocenters. The maximum Gasteiger partial charge on any atom is 0.426 e. The number of hydrogen-bond acceptors (Lipinski definition) is 5. The van der Waals surface area contributed by atoms with E-state index < -0.39 is 24.9 Å². The topological polar surface area (TPSA) is 50.8 Å². The highest BCUT2D eigenvalue weighted by molar-refractivity contribution is 7.09. The maximum absolute atomic E-state index is 13.5. The summed E-state index contributed by atoms with van der Waals surface area (Å²) in [5, 5.41) is 4.68. The highest BCUT2D eigenvalue weighted by atomic mass is 35.5. The molecule has 1 aliphatic rings. The van der Waals surface area contributed by atoms with Crippen LogP contribution in [-0.4, -0.2) is 55.6 Å². The molecule has 1 N–H and O–H groups in total. The third kappa shape index (κ3) is 7.63. The lowest BCUT2D eigenvalue weighted by atomic mass is 10.1. The lowest BCUT2D eigenvalue weighted by molar-refractivity contribution is -0.209. The number of carbonyl (C=O) groups excluding carboxylic acids is 1.